The van der Waals surface area contributed by atoms with Gasteiger partial charge in [0.05, 0.1) is 29.8 Å². The summed E-state index contributed by atoms with van der Waals surface area (Å²) in [5.41, 5.74) is 2.66. The number of fused-ring (bicyclic) bond motifs is 1. The number of hydrogen-bond acceptors (Lipinski definition) is 7. The monoisotopic (exact) mass is 478 g/mol. The average Bonchev–Trinajstić information content (AvgIpc) is 3.44. The summed E-state index contributed by atoms with van der Waals surface area (Å²) < 4.78 is 8.28. The molecule has 1 amide bonds. The molecule has 1 aromatic heterocycles. The van der Waals surface area contributed by atoms with Gasteiger partial charge in [0.15, 0.2) is 0 Å². The van der Waals surface area contributed by atoms with Crippen LogP contribution in [-0.2, 0) is 11.3 Å². The molecule has 0 saturated carbocycles. The number of nitrogens with zero attached hydrogens (tertiary/aromatic N) is 4. The number of aromatic nitrogens is 1. The Kier molecular flexibility index (Phi) is 5.38. The summed E-state index contributed by atoms with van der Waals surface area (Å²) in [6, 6.07) is 15.2. The van der Waals surface area contributed by atoms with Gasteiger partial charge in [-0.3, -0.25) is 14.2 Å². The number of thiazole rings is 1. The number of amides is 1. The summed E-state index contributed by atoms with van der Waals surface area (Å²) in [6.45, 7) is 4.19. The van der Waals surface area contributed by atoms with E-state index in [9.17, 15) is 9.59 Å². The van der Waals surface area contributed by atoms with Crippen molar-refractivity contribution in [1.29, 1.82) is 0 Å². The van der Waals surface area contributed by atoms with Gasteiger partial charge in [-0.25, -0.2) is 0 Å². The predicted molar refractivity (Wildman–Crippen MR) is 135 cm³/mol. The second-order valence-corrected chi connectivity index (χ2v) is 9.63. The molecule has 7 nitrogen and oxygen atoms in total. The Morgan fingerprint density at radius 2 is 1.85 bits per heavy atom. The highest BCUT2D eigenvalue weighted by molar-refractivity contribution is 8.08. The quantitative estimate of drug-likeness (QED) is 0.579. The molecule has 0 unspecified atom stereocenters. The fourth-order valence-electron chi connectivity index (χ4n) is 3.97. The molecule has 3 heterocycles. The van der Waals surface area contributed by atoms with Crippen molar-refractivity contribution < 1.29 is 9.53 Å². The minimum absolute atomic E-state index is 0.0992. The van der Waals surface area contributed by atoms with Crippen molar-refractivity contribution in [2.75, 3.05) is 24.1 Å². The van der Waals surface area contributed by atoms with E-state index in [1.807, 2.05) is 74.3 Å². The molecule has 0 radical (unpaired) electrons. The maximum atomic E-state index is 13.5. The van der Waals surface area contributed by atoms with Crippen LogP contribution in [0.3, 0.4) is 0 Å². The standard InChI is InChI=1S/C24H22N4O3S2/c1-5-27-22(30)20(24-26(3)17-13-16(31-4)11-12-18(17)32-24)33-23(27)19-14(2)25-28(21(19)29)15-9-7-6-8-10-15/h6-13H,5H2,1-4H3/b23-19+,24-20-. The number of carbonyl (C=O) groups is 1. The number of methoxy groups -OCH3 is 1. The normalized spacial score (nSPS) is 18.7. The summed E-state index contributed by atoms with van der Waals surface area (Å²) in [5.74, 6) is 0.541. The molecule has 0 fully saturated rings. The van der Waals surface area contributed by atoms with E-state index in [-0.39, 0.29) is 11.5 Å². The van der Waals surface area contributed by atoms with E-state index in [1.165, 1.54) is 16.3 Å². The van der Waals surface area contributed by atoms with Gasteiger partial charge in [-0.15, -0.1) is 11.3 Å². The largest absolute Gasteiger partial charge is 0.497 e. The van der Waals surface area contributed by atoms with Gasteiger partial charge in [0.25, 0.3) is 11.5 Å². The van der Waals surface area contributed by atoms with Crippen molar-refractivity contribution in [2.45, 2.75) is 25.3 Å². The number of para-hydroxylation sites is 1. The zero-order chi connectivity index (χ0) is 23.3. The second kappa shape index (κ2) is 8.24. The van der Waals surface area contributed by atoms with E-state index in [0.29, 0.717) is 32.7 Å². The van der Waals surface area contributed by atoms with Gasteiger partial charge in [0, 0.05) is 24.6 Å². The maximum absolute atomic E-state index is 13.5. The minimum atomic E-state index is -0.223. The number of anilines is 2. The fraction of sp³-hybridized carbons (Fsp3) is 0.208. The van der Waals surface area contributed by atoms with Crippen LogP contribution in [0.15, 0.2) is 63.3 Å². The molecule has 0 spiro atoms. The first-order valence-electron chi connectivity index (χ1n) is 10.5. The first kappa shape index (κ1) is 21.5. The van der Waals surface area contributed by atoms with Gasteiger partial charge < -0.3 is 9.64 Å². The smallest absolute Gasteiger partial charge is 0.283 e. The third kappa shape index (κ3) is 3.39. The van der Waals surface area contributed by atoms with Gasteiger partial charge in [-0.2, -0.15) is 10.1 Å². The topological polar surface area (TPSA) is 67.1 Å². The molecule has 2 aromatic carbocycles. The summed E-state index contributed by atoms with van der Waals surface area (Å²) in [7, 11) is 3.58. The van der Waals surface area contributed by atoms with E-state index in [2.05, 4.69) is 5.10 Å². The van der Waals surface area contributed by atoms with Crippen molar-refractivity contribution in [3.05, 3.63) is 68.1 Å². The van der Waals surface area contributed by atoms with Crippen molar-refractivity contribution in [1.82, 2.24) is 4.57 Å². The van der Waals surface area contributed by atoms with Crippen LogP contribution >= 0.6 is 23.1 Å². The van der Waals surface area contributed by atoms with E-state index in [0.717, 1.165) is 21.4 Å². The molecular formula is C24H22N4O3S2. The summed E-state index contributed by atoms with van der Waals surface area (Å²) in [6.07, 6.45) is 0. The number of thioether (sulfide) groups is 1. The molecule has 0 N–H and O–H groups in total. The van der Waals surface area contributed by atoms with E-state index in [1.54, 1.807) is 23.4 Å². The molecular weight excluding hydrogens is 456 g/mol. The molecule has 2 aliphatic heterocycles. The highest BCUT2D eigenvalue weighted by Gasteiger charge is 2.32. The van der Waals surface area contributed by atoms with E-state index >= 15 is 0 Å². The number of carbonyl (C=O) groups excluding carboxylic acids is 1. The molecule has 3 aromatic rings. The first-order chi connectivity index (χ1) is 15.9. The summed E-state index contributed by atoms with van der Waals surface area (Å²) >= 11 is 2.90. The lowest BCUT2D eigenvalue weighted by Crippen LogP contribution is -2.35. The lowest BCUT2D eigenvalue weighted by Gasteiger charge is -2.13. The number of rotatable bonds is 3. The number of hydrogen-bond donors (Lipinski definition) is 0. The number of hydrazone groups is 1. The lowest BCUT2D eigenvalue weighted by atomic mass is 10.2. The Labute approximate surface area is 198 Å². The molecule has 9 heteroatoms. The first-order valence-corrected chi connectivity index (χ1v) is 12.1. The van der Waals surface area contributed by atoms with Crippen LogP contribution in [0, 0.1) is 0 Å². The Bertz CT molecular complexity index is 1490. The number of ether oxygens (including phenoxy) is 1. The Balaban J connectivity index is 1.70. The highest BCUT2D eigenvalue weighted by atomic mass is 32.2. The Morgan fingerprint density at radius 3 is 2.55 bits per heavy atom. The summed E-state index contributed by atoms with van der Waals surface area (Å²) in [4.78, 5) is 29.9. The van der Waals surface area contributed by atoms with Crippen LogP contribution in [0.25, 0.3) is 10.6 Å². The van der Waals surface area contributed by atoms with Gasteiger partial charge in [-0.05, 0) is 38.1 Å². The third-order valence-electron chi connectivity index (χ3n) is 5.67. The van der Waals surface area contributed by atoms with Crippen molar-refractivity contribution in [3.63, 3.8) is 0 Å². The van der Waals surface area contributed by atoms with Crippen molar-refractivity contribution in [3.8, 4) is 5.75 Å². The van der Waals surface area contributed by atoms with Gasteiger partial charge in [-0.1, -0.05) is 30.0 Å². The van der Waals surface area contributed by atoms with Crippen LogP contribution in [0.2, 0.25) is 0 Å². The molecule has 0 bridgehead atoms. The zero-order valence-corrected chi connectivity index (χ0v) is 20.3. The molecule has 5 rings (SSSR count). The van der Waals surface area contributed by atoms with Crippen molar-refractivity contribution in [2.24, 2.45) is 5.10 Å². The molecule has 0 aliphatic carbocycles. The second-order valence-electron chi connectivity index (χ2n) is 7.60. The Morgan fingerprint density at radius 1 is 1.09 bits per heavy atom. The third-order valence-corrected chi connectivity index (χ3v) is 8.22. The highest BCUT2D eigenvalue weighted by Crippen LogP contribution is 2.46. The van der Waals surface area contributed by atoms with Gasteiger partial charge in [0.2, 0.25) is 0 Å². The predicted octanol–water partition coefficient (Wildman–Crippen LogP) is 2.82. The maximum Gasteiger partial charge on any atom is 0.283 e. The molecule has 0 atom stereocenters. The van der Waals surface area contributed by atoms with E-state index in [4.69, 9.17) is 4.74 Å². The van der Waals surface area contributed by atoms with E-state index < -0.39 is 0 Å². The van der Waals surface area contributed by atoms with Gasteiger partial charge >= 0.3 is 0 Å². The minimum Gasteiger partial charge on any atom is -0.497 e. The van der Waals surface area contributed by atoms with Crippen LogP contribution in [-0.4, -0.2) is 30.3 Å². The summed E-state index contributed by atoms with van der Waals surface area (Å²) in [5, 5.41) is 6.75. The van der Waals surface area contributed by atoms with Crippen LogP contribution < -0.4 is 29.4 Å². The SMILES string of the molecule is CCn1c(=O)/c(=C2/Sc3ccc(OC)cc3N2C)s/c1=C1/C(=O)N(c2ccccc2)N=C1C. The average molecular weight is 479 g/mol. The van der Waals surface area contributed by atoms with Crippen molar-refractivity contribution >= 4 is 56.7 Å². The molecule has 168 valence electrons. The lowest BCUT2D eigenvalue weighted by molar-refractivity contribution is -0.112. The number of benzene rings is 2. The molecule has 2 aliphatic rings. The zero-order valence-electron chi connectivity index (χ0n) is 18.7. The molecule has 33 heavy (non-hydrogen) atoms. The Hall–Kier alpha value is -3.30. The fourth-order valence-corrected chi connectivity index (χ4v) is 6.55. The van der Waals surface area contributed by atoms with Crippen LogP contribution in [0.4, 0.5) is 11.4 Å². The molecule has 0 saturated heterocycles. The van der Waals surface area contributed by atoms with Crippen LogP contribution in [0.1, 0.15) is 13.8 Å². The van der Waals surface area contributed by atoms with Crippen LogP contribution in [0.5, 0.6) is 5.75 Å². The van der Waals surface area contributed by atoms with Gasteiger partial charge in [0.1, 0.15) is 20.0 Å².